The fraction of sp³-hybridized carbons (Fsp3) is 0.333. The van der Waals surface area contributed by atoms with E-state index in [4.69, 9.17) is 0 Å². The third kappa shape index (κ3) is 3.10. The van der Waals surface area contributed by atoms with Gasteiger partial charge in [0.1, 0.15) is 0 Å². The predicted molar refractivity (Wildman–Crippen MR) is 80.4 cm³/mol. The average Bonchev–Trinajstić information content (AvgIpc) is 2.87. The van der Waals surface area contributed by atoms with E-state index in [0.717, 1.165) is 18.8 Å². The lowest BCUT2D eigenvalue weighted by Gasteiger charge is -2.03. The van der Waals surface area contributed by atoms with E-state index in [1.807, 2.05) is 23.0 Å². The van der Waals surface area contributed by atoms with E-state index in [1.54, 1.807) is 0 Å². The molecule has 0 aliphatic carbocycles. The van der Waals surface area contributed by atoms with E-state index in [0.29, 0.717) is 12.5 Å². The van der Waals surface area contributed by atoms with Crippen molar-refractivity contribution in [2.75, 3.05) is 0 Å². The summed E-state index contributed by atoms with van der Waals surface area (Å²) in [5, 5.41) is 4.38. The molecule has 0 saturated carbocycles. The van der Waals surface area contributed by atoms with E-state index in [-0.39, 0.29) is 5.78 Å². The van der Waals surface area contributed by atoms with Gasteiger partial charge < -0.3 is 0 Å². The molecule has 3 nitrogen and oxygen atoms in total. The highest BCUT2D eigenvalue weighted by Gasteiger charge is 2.14. The quantitative estimate of drug-likeness (QED) is 0.720. The van der Waals surface area contributed by atoms with Crippen molar-refractivity contribution >= 4 is 49.0 Å². The molecule has 2 aromatic heterocycles. The Morgan fingerprint density at radius 3 is 2.72 bits per heavy atom. The lowest BCUT2D eigenvalue weighted by molar-refractivity contribution is 0.0995. The van der Waals surface area contributed by atoms with E-state index in [2.05, 4.69) is 50.8 Å². The Morgan fingerprint density at radius 2 is 2.22 bits per heavy atom. The van der Waals surface area contributed by atoms with Crippen molar-refractivity contribution in [1.82, 2.24) is 9.78 Å². The lowest BCUT2D eigenvalue weighted by Crippen LogP contribution is -2.05. The first-order valence-corrected chi connectivity index (χ1v) is 7.89. The monoisotopic (exact) mass is 390 g/mol. The first-order chi connectivity index (χ1) is 8.47. The SMILES string of the molecule is CC(C)n1ccc(CC(=O)c2cc(Br)c(Br)s2)n1. The number of aromatic nitrogens is 2. The van der Waals surface area contributed by atoms with Crippen molar-refractivity contribution in [2.24, 2.45) is 0 Å². The molecule has 96 valence electrons. The number of nitrogens with zero attached hydrogens (tertiary/aromatic N) is 2. The highest BCUT2D eigenvalue weighted by atomic mass is 79.9. The van der Waals surface area contributed by atoms with Gasteiger partial charge in [-0.05, 0) is 57.8 Å². The molecule has 0 aliphatic rings. The highest BCUT2D eigenvalue weighted by Crippen LogP contribution is 2.32. The standard InChI is InChI=1S/C12H12Br2N2OS/c1-7(2)16-4-3-8(15-16)5-10(17)11-6-9(13)12(14)18-11/h3-4,6-7H,5H2,1-2H3. The van der Waals surface area contributed by atoms with Crippen LogP contribution in [0.1, 0.15) is 35.3 Å². The molecule has 0 unspecified atom stereocenters. The Bertz CT molecular complexity index is 555. The minimum Gasteiger partial charge on any atom is -0.293 e. The Labute approximate surface area is 126 Å². The van der Waals surface area contributed by atoms with Crippen LogP contribution in [-0.4, -0.2) is 15.6 Å². The summed E-state index contributed by atoms with van der Waals surface area (Å²) in [5.74, 6) is 0.0976. The summed E-state index contributed by atoms with van der Waals surface area (Å²) >= 11 is 8.22. The summed E-state index contributed by atoms with van der Waals surface area (Å²) in [6, 6.07) is 4.06. The van der Waals surface area contributed by atoms with Crippen LogP contribution < -0.4 is 0 Å². The second kappa shape index (κ2) is 5.67. The van der Waals surface area contributed by atoms with Crippen LogP contribution in [0.15, 0.2) is 26.6 Å². The third-order valence-corrected chi connectivity index (χ3v) is 5.75. The van der Waals surface area contributed by atoms with Crippen molar-refractivity contribution < 1.29 is 4.79 Å². The van der Waals surface area contributed by atoms with Gasteiger partial charge >= 0.3 is 0 Å². The Hall–Kier alpha value is -0.460. The zero-order valence-electron chi connectivity index (χ0n) is 9.98. The zero-order valence-corrected chi connectivity index (χ0v) is 14.0. The number of carbonyl (C=O) groups excluding carboxylic acids is 1. The number of Topliss-reactive ketones (excluding diaryl/α,β-unsaturated/α-hetero) is 1. The minimum atomic E-state index is 0.0976. The first-order valence-electron chi connectivity index (χ1n) is 5.49. The fourth-order valence-corrected chi connectivity index (χ4v) is 3.47. The van der Waals surface area contributed by atoms with Gasteiger partial charge in [-0.2, -0.15) is 5.10 Å². The molecule has 2 rings (SSSR count). The maximum atomic E-state index is 12.1. The fourth-order valence-electron chi connectivity index (χ4n) is 1.49. The molecule has 2 heterocycles. The van der Waals surface area contributed by atoms with Crippen LogP contribution in [0.25, 0.3) is 0 Å². The maximum absolute atomic E-state index is 12.1. The number of ketones is 1. The molecule has 0 saturated heterocycles. The largest absolute Gasteiger partial charge is 0.293 e. The minimum absolute atomic E-state index is 0.0976. The topological polar surface area (TPSA) is 34.9 Å². The summed E-state index contributed by atoms with van der Waals surface area (Å²) < 4.78 is 3.73. The molecule has 0 aliphatic heterocycles. The van der Waals surface area contributed by atoms with Gasteiger partial charge in [-0.1, -0.05) is 0 Å². The Kier molecular flexibility index (Phi) is 4.40. The van der Waals surface area contributed by atoms with Crippen LogP contribution >= 0.6 is 43.2 Å². The lowest BCUT2D eigenvalue weighted by atomic mass is 10.2. The summed E-state index contributed by atoms with van der Waals surface area (Å²) in [7, 11) is 0. The molecule has 0 aromatic carbocycles. The van der Waals surface area contributed by atoms with Crippen LogP contribution in [0.5, 0.6) is 0 Å². The van der Waals surface area contributed by atoms with Crippen LogP contribution in [0.3, 0.4) is 0 Å². The number of hydrogen-bond donors (Lipinski definition) is 0. The van der Waals surface area contributed by atoms with Gasteiger partial charge in [-0.3, -0.25) is 9.48 Å². The molecular formula is C12H12Br2N2OS. The third-order valence-electron chi connectivity index (χ3n) is 2.45. The van der Waals surface area contributed by atoms with E-state index < -0.39 is 0 Å². The number of carbonyl (C=O) groups is 1. The molecule has 0 amide bonds. The summed E-state index contributed by atoms with van der Waals surface area (Å²) in [6.07, 6.45) is 2.26. The van der Waals surface area contributed by atoms with Gasteiger partial charge in [0.2, 0.25) is 0 Å². The summed E-state index contributed by atoms with van der Waals surface area (Å²) in [6.45, 7) is 4.12. The van der Waals surface area contributed by atoms with Gasteiger partial charge in [-0.25, -0.2) is 0 Å². The van der Waals surface area contributed by atoms with E-state index in [9.17, 15) is 4.79 Å². The Balaban J connectivity index is 2.11. The zero-order chi connectivity index (χ0) is 13.3. The molecule has 18 heavy (non-hydrogen) atoms. The molecule has 6 heteroatoms. The van der Waals surface area contributed by atoms with Crippen molar-refractivity contribution in [2.45, 2.75) is 26.3 Å². The van der Waals surface area contributed by atoms with Gasteiger partial charge in [0.15, 0.2) is 5.78 Å². The highest BCUT2D eigenvalue weighted by molar-refractivity contribution is 9.13. The number of thiophene rings is 1. The van der Waals surface area contributed by atoms with Gasteiger partial charge in [0.25, 0.3) is 0 Å². The molecule has 0 N–H and O–H groups in total. The van der Waals surface area contributed by atoms with Gasteiger partial charge in [0.05, 0.1) is 20.8 Å². The van der Waals surface area contributed by atoms with Crippen LogP contribution in [0.2, 0.25) is 0 Å². The second-order valence-electron chi connectivity index (χ2n) is 4.21. The molecule has 0 radical (unpaired) electrons. The molecule has 2 aromatic rings. The molecule has 0 atom stereocenters. The number of halogens is 2. The van der Waals surface area contributed by atoms with Gasteiger partial charge in [-0.15, -0.1) is 11.3 Å². The average molecular weight is 392 g/mol. The summed E-state index contributed by atoms with van der Waals surface area (Å²) in [4.78, 5) is 12.8. The van der Waals surface area contributed by atoms with Crippen molar-refractivity contribution in [3.8, 4) is 0 Å². The van der Waals surface area contributed by atoms with Crippen LogP contribution in [0, 0.1) is 0 Å². The molecule has 0 fully saturated rings. The predicted octanol–water partition coefficient (Wildman–Crippen LogP) is 4.48. The van der Waals surface area contributed by atoms with Crippen LogP contribution in [-0.2, 0) is 6.42 Å². The molecule has 0 spiro atoms. The smallest absolute Gasteiger partial charge is 0.178 e. The normalized spacial score (nSPS) is 11.2. The van der Waals surface area contributed by atoms with E-state index in [1.165, 1.54) is 11.3 Å². The van der Waals surface area contributed by atoms with Crippen molar-refractivity contribution in [1.29, 1.82) is 0 Å². The van der Waals surface area contributed by atoms with E-state index >= 15 is 0 Å². The Morgan fingerprint density at radius 1 is 1.50 bits per heavy atom. The van der Waals surface area contributed by atoms with Crippen LogP contribution in [0.4, 0.5) is 0 Å². The molecular weight excluding hydrogens is 380 g/mol. The summed E-state index contributed by atoms with van der Waals surface area (Å²) in [5.41, 5.74) is 0.814. The number of rotatable bonds is 4. The number of hydrogen-bond acceptors (Lipinski definition) is 3. The van der Waals surface area contributed by atoms with Gasteiger partial charge in [0, 0.05) is 16.7 Å². The van der Waals surface area contributed by atoms with Crippen molar-refractivity contribution in [3.63, 3.8) is 0 Å². The molecule has 0 bridgehead atoms. The first kappa shape index (κ1) is 14.0. The maximum Gasteiger partial charge on any atom is 0.178 e. The second-order valence-corrected chi connectivity index (χ2v) is 7.44. The van der Waals surface area contributed by atoms with Crippen molar-refractivity contribution in [3.05, 3.63) is 37.2 Å².